The molecule has 2 aromatic carbocycles. The van der Waals surface area contributed by atoms with E-state index in [0.29, 0.717) is 0 Å². The van der Waals surface area contributed by atoms with E-state index in [1.165, 1.54) is 24.3 Å². The van der Waals surface area contributed by atoms with Gasteiger partial charge in [-0.3, -0.25) is 19.8 Å². The number of carbonyl (C=O) groups excluding carboxylic acids is 3. The minimum absolute atomic E-state index is 0.0107. The number of nitriles is 1. The first-order valence-corrected chi connectivity index (χ1v) is 6.73. The molecule has 0 bridgehead atoms. The second kappa shape index (κ2) is 7.11. The number of nitrogens with two attached hydrogens (primary N) is 1. The van der Waals surface area contributed by atoms with E-state index in [-0.39, 0.29) is 16.7 Å². The Balaban J connectivity index is 2.45. The van der Waals surface area contributed by atoms with Crippen LogP contribution >= 0.6 is 0 Å². The van der Waals surface area contributed by atoms with Crippen molar-refractivity contribution in [1.29, 1.82) is 5.26 Å². The van der Waals surface area contributed by atoms with Gasteiger partial charge in [-0.05, 0) is 5.56 Å². The van der Waals surface area contributed by atoms with Gasteiger partial charge in [0.05, 0.1) is 6.07 Å². The van der Waals surface area contributed by atoms with Crippen molar-refractivity contribution in [2.24, 2.45) is 5.84 Å². The lowest BCUT2D eigenvalue weighted by Crippen LogP contribution is -2.35. The summed E-state index contributed by atoms with van der Waals surface area (Å²) < 4.78 is 0. The monoisotopic (exact) mass is 307 g/mol. The lowest BCUT2D eigenvalue weighted by Gasteiger charge is -2.12. The Kier molecular flexibility index (Phi) is 4.97. The molecule has 6 nitrogen and oxygen atoms in total. The Bertz CT molecular complexity index is 794. The van der Waals surface area contributed by atoms with E-state index >= 15 is 0 Å². The van der Waals surface area contributed by atoms with Crippen molar-refractivity contribution in [2.75, 3.05) is 0 Å². The third kappa shape index (κ3) is 3.31. The number of benzene rings is 2. The maximum atomic E-state index is 12.5. The highest BCUT2D eigenvalue weighted by Gasteiger charge is 2.27. The molecule has 0 aliphatic heterocycles. The van der Waals surface area contributed by atoms with Crippen LogP contribution in [0.5, 0.6) is 0 Å². The van der Waals surface area contributed by atoms with Crippen LogP contribution in [0.2, 0.25) is 0 Å². The quantitative estimate of drug-likeness (QED) is 0.284. The molecule has 0 fully saturated rings. The zero-order chi connectivity index (χ0) is 16.8. The largest absolute Gasteiger partial charge is 0.293 e. The lowest BCUT2D eigenvalue weighted by atomic mass is 9.90. The summed E-state index contributed by atoms with van der Waals surface area (Å²) in [6, 6.07) is 15.9. The maximum Gasteiger partial charge on any atom is 0.255 e. The molecule has 0 aliphatic rings. The second-order valence-electron chi connectivity index (χ2n) is 4.68. The number of amides is 1. The highest BCUT2D eigenvalue weighted by molar-refractivity contribution is 6.49. The fourth-order valence-electron chi connectivity index (χ4n) is 2.15. The molecule has 23 heavy (non-hydrogen) atoms. The Morgan fingerprint density at radius 3 is 2.17 bits per heavy atom. The first-order valence-electron chi connectivity index (χ1n) is 6.73. The van der Waals surface area contributed by atoms with Gasteiger partial charge in [0.1, 0.15) is 0 Å². The third-order valence-electron chi connectivity index (χ3n) is 3.29. The number of carbonyl (C=O) groups is 3. The molecule has 0 aliphatic carbocycles. The van der Waals surface area contributed by atoms with Gasteiger partial charge in [-0.15, -0.1) is 0 Å². The highest BCUT2D eigenvalue weighted by Crippen LogP contribution is 2.21. The summed E-state index contributed by atoms with van der Waals surface area (Å²) in [7, 11) is 0. The van der Waals surface area contributed by atoms with E-state index in [9.17, 15) is 19.6 Å². The van der Waals surface area contributed by atoms with E-state index in [1.807, 2.05) is 5.43 Å². The average Bonchev–Trinajstić information content (AvgIpc) is 2.62. The maximum absolute atomic E-state index is 12.5. The van der Waals surface area contributed by atoms with Gasteiger partial charge in [0.25, 0.3) is 5.91 Å². The molecule has 1 amide bonds. The van der Waals surface area contributed by atoms with E-state index in [2.05, 4.69) is 0 Å². The minimum atomic E-state index is -1.27. The van der Waals surface area contributed by atoms with Crippen LogP contribution in [-0.4, -0.2) is 17.5 Å². The van der Waals surface area contributed by atoms with Crippen molar-refractivity contribution in [3.05, 3.63) is 71.3 Å². The number of Topliss-reactive ketones (excluding diaryl/α,β-unsaturated/α-hetero) is 2. The highest BCUT2D eigenvalue weighted by atomic mass is 16.2. The van der Waals surface area contributed by atoms with Gasteiger partial charge in [-0.1, -0.05) is 54.6 Å². The fraction of sp³-hybridized carbons (Fsp3) is 0.0588. The summed E-state index contributed by atoms with van der Waals surface area (Å²) in [5.74, 6) is 1.55. The van der Waals surface area contributed by atoms with Gasteiger partial charge < -0.3 is 0 Å². The summed E-state index contributed by atoms with van der Waals surface area (Å²) >= 11 is 0. The van der Waals surface area contributed by atoms with Crippen molar-refractivity contribution in [1.82, 2.24) is 5.43 Å². The van der Waals surface area contributed by atoms with E-state index in [0.717, 1.165) is 0 Å². The number of hydrazine groups is 1. The molecule has 6 heteroatoms. The predicted molar refractivity (Wildman–Crippen MR) is 82.2 cm³/mol. The molecular weight excluding hydrogens is 294 g/mol. The number of nitrogens with one attached hydrogen (secondary N) is 1. The molecule has 0 aromatic heterocycles. The summed E-state index contributed by atoms with van der Waals surface area (Å²) in [5.41, 5.74) is 2.28. The number of nitrogens with zero attached hydrogens (tertiary/aromatic N) is 1. The molecule has 114 valence electrons. The molecule has 1 atom stereocenters. The van der Waals surface area contributed by atoms with Crippen molar-refractivity contribution < 1.29 is 14.4 Å². The Labute approximate surface area is 132 Å². The molecule has 0 saturated carbocycles. The van der Waals surface area contributed by atoms with Crippen molar-refractivity contribution in [2.45, 2.75) is 5.92 Å². The first-order chi connectivity index (χ1) is 11.1. The molecule has 2 rings (SSSR count). The summed E-state index contributed by atoms with van der Waals surface area (Å²) in [6.45, 7) is 0. The zero-order valence-electron chi connectivity index (χ0n) is 12.0. The predicted octanol–water partition coefficient (Wildman–Crippen LogP) is 1.35. The van der Waals surface area contributed by atoms with Crippen molar-refractivity contribution >= 4 is 17.5 Å². The molecule has 3 N–H and O–H groups in total. The van der Waals surface area contributed by atoms with Crippen LogP contribution < -0.4 is 11.3 Å². The standard InChI is InChI=1S/C17H13N3O3/c18-10-14(17(23)20-19)12-8-4-5-9-13(12)16(22)15(21)11-6-2-1-3-7-11/h1-9,14H,19H2,(H,20,23). The van der Waals surface area contributed by atoms with Crippen LogP contribution in [0.1, 0.15) is 32.2 Å². The van der Waals surface area contributed by atoms with Gasteiger partial charge >= 0.3 is 0 Å². The topological polar surface area (TPSA) is 113 Å². The van der Waals surface area contributed by atoms with Gasteiger partial charge in [0.2, 0.25) is 11.6 Å². The van der Waals surface area contributed by atoms with Crippen LogP contribution in [0.15, 0.2) is 54.6 Å². The number of hydrogen-bond acceptors (Lipinski definition) is 5. The molecule has 1 unspecified atom stereocenters. The van der Waals surface area contributed by atoms with E-state index < -0.39 is 23.4 Å². The van der Waals surface area contributed by atoms with Crippen molar-refractivity contribution in [3.63, 3.8) is 0 Å². The summed E-state index contributed by atoms with van der Waals surface area (Å²) in [4.78, 5) is 36.5. The average molecular weight is 307 g/mol. The van der Waals surface area contributed by atoms with Crippen LogP contribution in [0.4, 0.5) is 0 Å². The molecule has 2 aromatic rings. The SMILES string of the molecule is N#CC(C(=O)NN)c1ccccc1C(=O)C(=O)c1ccccc1. The lowest BCUT2D eigenvalue weighted by molar-refractivity contribution is -0.121. The minimum Gasteiger partial charge on any atom is -0.293 e. The van der Waals surface area contributed by atoms with Gasteiger partial charge in [-0.2, -0.15) is 5.26 Å². The second-order valence-corrected chi connectivity index (χ2v) is 4.68. The molecule has 0 spiro atoms. The Morgan fingerprint density at radius 2 is 1.57 bits per heavy atom. The molecule has 0 saturated heterocycles. The molecule has 0 heterocycles. The Hall–Kier alpha value is -3.30. The number of hydrogen-bond donors (Lipinski definition) is 2. The van der Waals surface area contributed by atoms with Crippen LogP contribution in [0.25, 0.3) is 0 Å². The van der Waals surface area contributed by atoms with Crippen LogP contribution in [-0.2, 0) is 4.79 Å². The zero-order valence-corrected chi connectivity index (χ0v) is 12.0. The molecular formula is C17H13N3O3. The fourth-order valence-corrected chi connectivity index (χ4v) is 2.15. The van der Waals surface area contributed by atoms with Gasteiger partial charge in [-0.25, -0.2) is 5.84 Å². The van der Waals surface area contributed by atoms with E-state index in [4.69, 9.17) is 5.84 Å². The first kappa shape index (κ1) is 16.1. The molecule has 0 radical (unpaired) electrons. The van der Waals surface area contributed by atoms with Gasteiger partial charge in [0.15, 0.2) is 5.92 Å². The number of rotatable bonds is 5. The third-order valence-corrected chi connectivity index (χ3v) is 3.29. The van der Waals surface area contributed by atoms with E-state index in [1.54, 1.807) is 36.4 Å². The summed E-state index contributed by atoms with van der Waals surface area (Å²) in [6.07, 6.45) is 0. The summed E-state index contributed by atoms with van der Waals surface area (Å²) in [5, 5.41) is 9.18. The van der Waals surface area contributed by atoms with Crippen LogP contribution in [0.3, 0.4) is 0 Å². The smallest absolute Gasteiger partial charge is 0.255 e. The Morgan fingerprint density at radius 1 is 0.957 bits per heavy atom. The van der Waals surface area contributed by atoms with Crippen molar-refractivity contribution in [3.8, 4) is 6.07 Å². The number of ketones is 2. The van der Waals surface area contributed by atoms with Crippen LogP contribution in [0, 0.1) is 11.3 Å². The van der Waals surface area contributed by atoms with Gasteiger partial charge in [0, 0.05) is 11.1 Å². The normalized spacial score (nSPS) is 11.1.